The largest absolute Gasteiger partial charge is 0.507 e. The summed E-state index contributed by atoms with van der Waals surface area (Å²) >= 11 is 0. The van der Waals surface area contributed by atoms with Crippen LogP contribution in [0.5, 0.6) is 5.75 Å². The van der Waals surface area contributed by atoms with Crippen LogP contribution in [-0.2, 0) is 6.54 Å². The SMILES string of the molecule is Oc1c(CN2[CH]CCC2)cccc1-c1ccccc1. The van der Waals surface area contributed by atoms with Gasteiger partial charge in [-0.3, -0.25) is 4.90 Å². The van der Waals surface area contributed by atoms with Crippen molar-refractivity contribution in [3.8, 4) is 16.9 Å². The van der Waals surface area contributed by atoms with E-state index in [-0.39, 0.29) is 0 Å². The zero-order chi connectivity index (χ0) is 13.1. The Morgan fingerprint density at radius 1 is 1.00 bits per heavy atom. The quantitative estimate of drug-likeness (QED) is 0.897. The van der Waals surface area contributed by atoms with E-state index in [9.17, 15) is 5.11 Å². The fraction of sp³-hybridized carbons (Fsp3) is 0.235. The standard InChI is InChI=1S/C17H18NO/c19-17-15(13-18-11-4-5-12-18)9-6-10-16(17)14-7-2-1-3-8-14/h1-3,6-11,19H,4-5,12-13H2. The van der Waals surface area contributed by atoms with Crippen molar-refractivity contribution in [2.45, 2.75) is 19.4 Å². The zero-order valence-electron chi connectivity index (χ0n) is 10.9. The average Bonchev–Trinajstić information content (AvgIpc) is 2.95. The molecule has 1 aliphatic heterocycles. The summed E-state index contributed by atoms with van der Waals surface area (Å²) in [5.74, 6) is 0.411. The maximum atomic E-state index is 10.5. The molecular formula is C17H18NO. The summed E-state index contributed by atoms with van der Waals surface area (Å²) in [6.07, 6.45) is 2.37. The fourth-order valence-corrected chi connectivity index (χ4v) is 2.59. The van der Waals surface area contributed by atoms with E-state index in [4.69, 9.17) is 0 Å². The summed E-state index contributed by atoms with van der Waals surface area (Å²) < 4.78 is 0. The van der Waals surface area contributed by atoms with Crippen molar-refractivity contribution in [1.82, 2.24) is 4.90 Å². The minimum Gasteiger partial charge on any atom is -0.507 e. The lowest BCUT2D eigenvalue weighted by Gasteiger charge is -2.16. The van der Waals surface area contributed by atoms with E-state index in [2.05, 4.69) is 11.4 Å². The highest BCUT2D eigenvalue weighted by Crippen LogP contribution is 2.33. The van der Waals surface area contributed by atoms with Gasteiger partial charge in [0.05, 0.1) is 0 Å². The molecule has 2 aromatic carbocycles. The second kappa shape index (κ2) is 5.45. The fourth-order valence-electron chi connectivity index (χ4n) is 2.59. The number of para-hydroxylation sites is 1. The number of likely N-dealkylation sites (tertiary alicyclic amines) is 1. The third-order valence-corrected chi connectivity index (χ3v) is 3.61. The van der Waals surface area contributed by atoms with Crippen LogP contribution >= 0.6 is 0 Å². The third kappa shape index (κ3) is 2.64. The van der Waals surface area contributed by atoms with Gasteiger partial charge in [-0.2, -0.15) is 0 Å². The molecule has 1 aliphatic rings. The van der Waals surface area contributed by atoms with E-state index in [1.165, 1.54) is 6.42 Å². The highest BCUT2D eigenvalue weighted by Gasteiger charge is 2.15. The van der Waals surface area contributed by atoms with Crippen molar-refractivity contribution in [1.29, 1.82) is 0 Å². The molecular weight excluding hydrogens is 234 g/mol. The Morgan fingerprint density at radius 2 is 1.84 bits per heavy atom. The summed E-state index contributed by atoms with van der Waals surface area (Å²) in [5.41, 5.74) is 2.98. The Labute approximate surface area is 114 Å². The minimum atomic E-state index is 0.411. The molecule has 0 aliphatic carbocycles. The Bertz CT molecular complexity index is 544. The third-order valence-electron chi connectivity index (χ3n) is 3.61. The summed E-state index contributed by atoms with van der Waals surface area (Å²) in [6.45, 7) is 4.12. The predicted molar refractivity (Wildman–Crippen MR) is 77.5 cm³/mol. The summed E-state index contributed by atoms with van der Waals surface area (Å²) in [4.78, 5) is 2.28. The second-order valence-electron chi connectivity index (χ2n) is 4.97. The van der Waals surface area contributed by atoms with Gasteiger partial charge in [0, 0.05) is 24.2 Å². The van der Waals surface area contributed by atoms with Gasteiger partial charge in [0.15, 0.2) is 0 Å². The second-order valence-corrected chi connectivity index (χ2v) is 4.97. The molecule has 1 fully saturated rings. The van der Waals surface area contributed by atoms with Crippen LogP contribution in [0.2, 0.25) is 0 Å². The van der Waals surface area contributed by atoms with Crippen LogP contribution in [0.25, 0.3) is 11.1 Å². The van der Waals surface area contributed by atoms with Gasteiger partial charge >= 0.3 is 0 Å². The van der Waals surface area contributed by atoms with E-state index >= 15 is 0 Å². The molecule has 0 bridgehead atoms. The summed E-state index contributed by atoms with van der Waals surface area (Å²) in [7, 11) is 0. The molecule has 1 radical (unpaired) electrons. The smallest absolute Gasteiger partial charge is 0.127 e. The van der Waals surface area contributed by atoms with Crippen LogP contribution in [-0.4, -0.2) is 16.6 Å². The first kappa shape index (κ1) is 12.2. The first-order chi connectivity index (χ1) is 9.34. The summed E-state index contributed by atoms with van der Waals surface area (Å²) in [6, 6.07) is 16.0. The van der Waals surface area contributed by atoms with E-state index in [0.717, 1.165) is 36.2 Å². The van der Waals surface area contributed by atoms with Gasteiger partial charge in [0.25, 0.3) is 0 Å². The molecule has 0 spiro atoms. The van der Waals surface area contributed by atoms with Gasteiger partial charge in [-0.15, -0.1) is 0 Å². The number of rotatable bonds is 3. The lowest BCUT2D eigenvalue weighted by atomic mass is 10.0. The Balaban J connectivity index is 1.90. The summed E-state index contributed by atoms with van der Waals surface area (Å²) in [5, 5.41) is 10.5. The molecule has 2 heteroatoms. The van der Waals surface area contributed by atoms with Crippen LogP contribution in [0, 0.1) is 6.54 Å². The van der Waals surface area contributed by atoms with Crippen molar-refractivity contribution in [2.24, 2.45) is 0 Å². The molecule has 0 amide bonds. The van der Waals surface area contributed by atoms with Gasteiger partial charge in [0.2, 0.25) is 0 Å². The molecule has 2 aromatic rings. The molecule has 0 unspecified atom stereocenters. The monoisotopic (exact) mass is 252 g/mol. The maximum Gasteiger partial charge on any atom is 0.127 e. The number of hydrogen-bond acceptors (Lipinski definition) is 2. The first-order valence-electron chi connectivity index (χ1n) is 6.78. The molecule has 0 atom stereocenters. The molecule has 0 aromatic heterocycles. The normalized spacial score (nSPS) is 15.8. The lowest BCUT2D eigenvalue weighted by Crippen LogP contribution is -2.15. The molecule has 97 valence electrons. The highest BCUT2D eigenvalue weighted by molar-refractivity contribution is 5.71. The van der Waals surface area contributed by atoms with Gasteiger partial charge in [0.1, 0.15) is 5.75 Å². The Hall–Kier alpha value is -1.80. The minimum absolute atomic E-state index is 0.411. The number of phenolic OH excluding ortho intramolecular Hbond substituents is 1. The van der Waals surface area contributed by atoms with Crippen LogP contribution in [0.15, 0.2) is 48.5 Å². The topological polar surface area (TPSA) is 23.5 Å². The van der Waals surface area contributed by atoms with Gasteiger partial charge in [-0.1, -0.05) is 48.5 Å². The van der Waals surface area contributed by atoms with Crippen molar-refractivity contribution < 1.29 is 5.11 Å². The number of hydrogen-bond donors (Lipinski definition) is 1. The predicted octanol–water partition coefficient (Wildman–Crippen LogP) is 3.82. The van der Waals surface area contributed by atoms with E-state index in [1.54, 1.807) is 0 Å². The number of phenols is 1. The van der Waals surface area contributed by atoms with Crippen LogP contribution in [0.1, 0.15) is 18.4 Å². The lowest BCUT2D eigenvalue weighted by molar-refractivity contribution is 0.367. The van der Waals surface area contributed by atoms with Gasteiger partial charge in [-0.25, -0.2) is 0 Å². The number of aromatic hydroxyl groups is 1. The van der Waals surface area contributed by atoms with Crippen LogP contribution in [0.3, 0.4) is 0 Å². The van der Waals surface area contributed by atoms with Crippen molar-refractivity contribution in [3.63, 3.8) is 0 Å². The molecule has 1 saturated heterocycles. The Kier molecular flexibility index (Phi) is 3.51. The van der Waals surface area contributed by atoms with Crippen LogP contribution < -0.4 is 0 Å². The van der Waals surface area contributed by atoms with Gasteiger partial charge in [-0.05, 0) is 24.9 Å². The number of nitrogens with zero attached hydrogens (tertiary/aromatic N) is 1. The maximum absolute atomic E-state index is 10.5. The van der Waals surface area contributed by atoms with Gasteiger partial charge < -0.3 is 5.11 Å². The van der Waals surface area contributed by atoms with Crippen molar-refractivity contribution in [3.05, 3.63) is 60.6 Å². The first-order valence-corrected chi connectivity index (χ1v) is 6.78. The van der Waals surface area contributed by atoms with Crippen molar-refractivity contribution in [2.75, 3.05) is 6.54 Å². The van der Waals surface area contributed by atoms with Crippen LogP contribution in [0.4, 0.5) is 0 Å². The molecule has 19 heavy (non-hydrogen) atoms. The van der Waals surface area contributed by atoms with E-state index < -0.39 is 0 Å². The van der Waals surface area contributed by atoms with E-state index in [0.29, 0.717) is 5.75 Å². The molecule has 0 saturated carbocycles. The molecule has 3 rings (SSSR count). The molecule has 2 nitrogen and oxygen atoms in total. The number of benzene rings is 2. The highest BCUT2D eigenvalue weighted by atomic mass is 16.3. The average molecular weight is 252 g/mol. The van der Waals surface area contributed by atoms with E-state index in [1.807, 2.05) is 48.5 Å². The van der Waals surface area contributed by atoms with Crippen molar-refractivity contribution >= 4 is 0 Å². The zero-order valence-corrected chi connectivity index (χ0v) is 10.9. The molecule has 1 heterocycles. The molecule has 1 N–H and O–H groups in total. The Morgan fingerprint density at radius 3 is 2.58 bits per heavy atom.